The van der Waals surface area contributed by atoms with Crippen LogP contribution in [0.3, 0.4) is 0 Å². The summed E-state index contributed by atoms with van der Waals surface area (Å²) < 4.78 is -0.474. The third kappa shape index (κ3) is 2.96. The molecule has 0 atom stereocenters. The lowest BCUT2D eigenvalue weighted by Gasteiger charge is -2.33. The molecule has 11 nitrogen and oxygen atoms in total. The van der Waals surface area contributed by atoms with Gasteiger partial charge in [0.1, 0.15) is 0 Å². The second kappa shape index (κ2) is 6.44. The van der Waals surface area contributed by atoms with Gasteiger partial charge in [0, 0.05) is 36.4 Å². The second-order valence-electron chi connectivity index (χ2n) is 6.84. The number of hydrogen-bond donors (Lipinski definition) is 10. The summed E-state index contributed by atoms with van der Waals surface area (Å²) >= 11 is 0. The summed E-state index contributed by atoms with van der Waals surface area (Å²) in [5.74, 6) is 6.91. The van der Waals surface area contributed by atoms with Crippen LogP contribution in [0.1, 0.15) is 0 Å². The Hall–Kier alpha value is -4.22. The lowest BCUT2D eigenvalue weighted by Crippen LogP contribution is -2.46. The van der Waals surface area contributed by atoms with Crippen molar-refractivity contribution in [1.29, 1.82) is 0 Å². The van der Waals surface area contributed by atoms with Crippen LogP contribution in [0.25, 0.3) is 0 Å². The average molecular weight is 396 g/mol. The Labute approximate surface area is 167 Å². The van der Waals surface area contributed by atoms with Gasteiger partial charge >= 0.3 is 0 Å². The predicted octanol–water partition coefficient (Wildman–Crippen LogP) is 0.771. The first-order valence-corrected chi connectivity index (χ1v) is 8.49. The molecular weight excluding hydrogens is 370 g/mol. The average Bonchev–Trinajstić information content (AvgIpc) is 2.66. The molecular formula is C18H26N11+. The molecule has 0 aromatic heterocycles. The van der Waals surface area contributed by atoms with Gasteiger partial charge in [0.2, 0.25) is 0 Å². The SMILES string of the molecule is Nc1cc([N+](N)(c2cc(N)c(N)c(N)c2)c2cc(N)c(N)c(N)c2)cc(N)c1N. The van der Waals surface area contributed by atoms with Crippen molar-refractivity contribution in [2.24, 2.45) is 5.84 Å². The number of nitrogens with zero attached hydrogens (tertiary/aromatic N) is 1. The van der Waals surface area contributed by atoms with E-state index in [-0.39, 0.29) is 51.2 Å². The van der Waals surface area contributed by atoms with E-state index in [1.807, 2.05) is 0 Å². The van der Waals surface area contributed by atoms with E-state index in [1.165, 1.54) is 0 Å². The highest BCUT2D eigenvalue weighted by atomic mass is 15.6. The van der Waals surface area contributed by atoms with Crippen molar-refractivity contribution in [3.63, 3.8) is 0 Å². The Morgan fingerprint density at radius 3 is 0.724 bits per heavy atom. The zero-order valence-electron chi connectivity index (χ0n) is 15.7. The Bertz CT molecular complexity index is 914. The number of nitrogen functional groups attached to an aromatic ring is 9. The first-order valence-electron chi connectivity index (χ1n) is 8.49. The highest BCUT2D eigenvalue weighted by Crippen LogP contribution is 2.47. The Kier molecular flexibility index (Phi) is 4.34. The monoisotopic (exact) mass is 396 g/mol. The van der Waals surface area contributed by atoms with Gasteiger partial charge in [0.25, 0.3) is 0 Å². The molecule has 0 unspecified atom stereocenters. The van der Waals surface area contributed by atoms with Crippen molar-refractivity contribution < 1.29 is 0 Å². The van der Waals surface area contributed by atoms with Crippen LogP contribution < -0.4 is 62.0 Å². The molecule has 3 aromatic rings. The fourth-order valence-electron chi connectivity index (χ4n) is 3.11. The predicted molar refractivity (Wildman–Crippen MR) is 124 cm³/mol. The van der Waals surface area contributed by atoms with Gasteiger partial charge in [-0.2, -0.15) is 10.4 Å². The van der Waals surface area contributed by atoms with Gasteiger partial charge in [-0.1, -0.05) is 0 Å². The molecule has 0 bridgehead atoms. The van der Waals surface area contributed by atoms with E-state index in [2.05, 4.69) is 0 Å². The van der Waals surface area contributed by atoms with E-state index >= 15 is 0 Å². The molecule has 3 aromatic carbocycles. The molecule has 20 N–H and O–H groups in total. The van der Waals surface area contributed by atoms with Gasteiger partial charge in [-0.15, -0.1) is 0 Å². The first kappa shape index (κ1) is 19.5. The van der Waals surface area contributed by atoms with E-state index in [4.69, 9.17) is 57.4 Å². The van der Waals surface area contributed by atoms with Crippen LogP contribution >= 0.6 is 0 Å². The minimum atomic E-state index is -0.474. The molecule has 0 aliphatic rings. The van der Waals surface area contributed by atoms with Crippen molar-refractivity contribution >= 4 is 68.2 Å². The van der Waals surface area contributed by atoms with Crippen LogP contribution in [0, 0.1) is 0 Å². The number of nitrogens with two attached hydrogens (primary N) is 10. The first-order chi connectivity index (χ1) is 13.5. The van der Waals surface area contributed by atoms with Crippen molar-refractivity contribution in [1.82, 2.24) is 4.59 Å². The summed E-state index contributed by atoms with van der Waals surface area (Å²) in [6, 6.07) is 9.57. The number of benzene rings is 3. The molecule has 0 saturated heterocycles. The zero-order chi connectivity index (χ0) is 21.7. The summed E-state index contributed by atoms with van der Waals surface area (Å²) in [5.41, 5.74) is 57.5. The lowest BCUT2D eigenvalue weighted by molar-refractivity contribution is 0.550. The summed E-state index contributed by atoms with van der Waals surface area (Å²) in [4.78, 5) is 0. The number of hydrogen-bond acceptors (Lipinski definition) is 10. The van der Waals surface area contributed by atoms with Crippen LogP contribution in [-0.2, 0) is 0 Å². The molecule has 29 heavy (non-hydrogen) atoms. The highest BCUT2D eigenvalue weighted by molar-refractivity contribution is 5.90. The number of anilines is 9. The minimum absolute atomic E-state index is 0.243. The Morgan fingerprint density at radius 2 is 0.552 bits per heavy atom. The van der Waals surface area contributed by atoms with Gasteiger partial charge in [0.15, 0.2) is 17.1 Å². The molecule has 0 radical (unpaired) electrons. The van der Waals surface area contributed by atoms with E-state index < -0.39 is 4.59 Å². The van der Waals surface area contributed by atoms with Gasteiger partial charge in [-0.3, -0.25) is 0 Å². The lowest BCUT2D eigenvalue weighted by atomic mass is 10.1. The molecule has 3 rings (SSSR count). The van der Waals surface area contributed by atoms with Crippen LogP contribution in [0.2, 0.25) is 0 Å². The number of quaternary nitrogens is 1. The maximum atomic E-state index is 6.91. The van der Waals surface area contributed by atoms with E-state index in [0.717, 1.165) is 0 Å². The van der Waals surface area contributed by atoms with Gasteiger partial charge < -0.3 is 51.6 Å². The topological polar surface area (TPSA) is 260 Å². The third-order valence-corrected chi connectivity index (χ3v) is 4.91. The fourth-order valence-corrected chi connectivity index (χ4v) is 3.11. The quantitative estimate of drug-likeness (QED) is 0.128. The fraction of sp³-hybridized carbons (Fsp3) is 0. The second-order valence-corrected chi connectivity index (χ2v) is 6.84. The normalized spacial score (nSPS) is 11.5. The molecule has 0 aliphatic carbocycles. The molecule has 0 saturated carbocycles. The van der Waals surface area contributed by atoms with E-state index in [9.17, 15) is 0 Å². The minimum Gasteiger partial charge on any atom is -0.397 e. The van der Waals surface area contributed by atoms with Crippen LogP contribution in [0.5, 0.6) is 0 Å². The molecule has 0 heterocycles. The van der Waals surface area contributed by atoms with Crippen LogP contribution in [0.15, 0.2) is 36.4 Å². The third-order valence-electron chi connectivity index (χ3n) is 4.91. The van der Waals surface area contributed by atoms with E-state index in [1.54, 1.807) is 36.4 Å². The van der Waals surface area contributed by atoms with Crippen LogP contribution in [-0.4, -0.2) is 0 Å². The number of rotatable bonds is 3. The molecule has 0 fully saturated rings. The Balaban J connectivity index is 2.42. The molecule has 152 valence electrons. The highest BCUT2D eigenvalue weighted by Gasteiger charge is 2.36. The molecule has 0 amide bonds. The molecule has 0 aliphatic heterocycles. The van der Waals surface area contributed by atoms with Crippen molar-refractivity contribution in [2.75, 3.05) is 51.6 Å². The molecule has 0 spiro atoms. The van der Waals surface area contributed by atoms with Gasteiger partial charge in [0.05, 0.1) is 51.2 Å². The van der Waals surface area contributed by atoms with Crippen molar-refractivity contribution in [3.8, 4) is 0 Å². The summed E-state index contributed by atoms with van der Waals surface area (Å²) in [6.07, 6.45) is 0. The summed E-state index contributed by atoms with van der Waals surface area (Å²) in [5, 5.41) is 0. The Morgan fingerprint density at radius 1 is 0.379 bits per heavy atom. The van der Waals surface area contributed by atoms with Crippen molar-refractivity contribution in [3.05, 3.63) is 36.4 Å². The van der Waals surface area contributed by atoms with Gasteiger partial charge in [-0.05, 0) is 0 Å². The largest absolute Gasteiger partial charge is 0.397 e. The smallest absolute Gasteiger partial charge is 0.166 e. The summed E-state index contributed by atoms with van der Waals surface area (Å²) in [7, 11) is 0. The van der Waals surface area contributed by atoms with Crippen molar-refractivity contribution in [2.45, 2.75) is 0 Å². The zero-order valence-corrected chi connectivity index (χ0v) is 15.7. The summed E-state index contributed by atoms with van der Waals surface area (Å²) in [6.45, 7) is 0. The van der Waals surface area contributed by atoms with E-state index in [0.29, 0.717) is 17.1 Å². The standard InChI is InChI=1S/C18H26N11/c19-10-1-7(2-11(20)16(10)25)29(28,8-3-12(21)17(26)13(22)4-8)9-5-14(23)18(27)15(24)6-9/h1-6H,19-28H2/q+1. The van der Waals surface area contributed by atoms with Crippen LogP contribution in [0.4, 0.5) is 68.2 Å². The van der Waals surface area contributed by atoms with Gasteiger partial charge in [-0.25, -0.2) is 0 Å². The molecule has 11 heteroatoms. The maximum Gasteiger partial charge on any atom is 0.166 e. The maximum absolute atomic E-state index is 6.91.